The van der Waals surface area contributed by atoms with Crippen LogP contribution in [0, 0.1) is 5.92 Å². The number of fused-ring (bicyclic) bond motifs is 2. The molecule has 5 heterocycles. The lowest BCUT2D eigenvalue weighted by molar-refractivity contribution is -0.139. The molecule has 0 saturated carbocycles. The third-order valence-corrected chi connectivity index (χ3v) is 9.09. The Balaban J connectivity index is 1.04. The predicted molar refractivity (Wildman–Crippen MR) is 165 cm³/mol. The van der Waals surface area contributed by atoms with Crippen LogP contribution < -0.4 is 20.7 Å². The fourth-order valence-corrected chi connectivity index (χ4v) is 6.69. The first kappa shape index (κ1) is 27.4. The van der Waals surface area contributed by atoms with Gasteiger partial charge in [0.1, 0.15) is 17.1 Å². The van der Waals surface area contributed by atoms with Gasteiger partial charge in [0.25, 0.3) is 5.91 Å². The third kappa shape index (κ3) is 5.68. The zero-order chi connectivity index (χ0) is 29.3. The van der Waals surface area contributed by atoms with Gasteiger partial charge in [-0.05, 0) is 54.8 Å². The first-order valence-corrected chi connectivity index (χ1v) is 15.1. The molecule has 4 N–H and O–H groups in total. The van der Waals surface area contributed by atoms with Gasteiger partial charge in [-0.3, -0.25) is 14.5 Å². The van der Waals surface area contributed by atoms with Crippen molar-refractivity contribution in [1.82, 2.24) is 25.1 Å². The van der Waals surface area contributed by atoms with Gasteiger partial charge in [0, 0.05) is 75.2 Å². The number of rotatable bonds is 7. The summed E-state index contributed by atoms with van der Waals surface area (Å²) in [5.74, 6) is 0.781. The molecule has 2 aromatic heterocycles. The first-order valence-electron chi connectivity index (χ1n) is 15.1. The Hall–Kier alpha value is -4.41. The summed E-state index contributed by atoms with van der Waals surface area (Å²) >= 11 is 0. The molecule has 3 aliphatic rings. The lowest BCUT2D eigenvalue weighted by Gasteiger charge is -2.43. The number of amides is 2. The quantitative estimate of drug-likeness (QED) is 0.308. The number of hydrogen-bond acceptors (Lipinski definition) is 7. The Morgan fingerprint density at radius 3 is 2.65 bits per heavy atom. The van der Waals surface area contributed by atoms with E-state index in [0.717, 1.165) is 75.4 Å². The van der Waals surface area contributed by atoms with E-state index in [1.165, 1.54) is 11.1 Å². The molecule has 0 radical (unpaired) electrons. The molecule has 43 heavy (non-hydrogen) atoms. The smallest absolute Gasteiger partial charge is 0.252 e. The van der Waals surface area contributed by atoms with Crippen LogP contribution in [0.3, 0.4) is 0 Å². The number of pyridine rings is 1. The summed E-state index contributed by atoms with van der Waals surface area (Å²) in [6, 6.07) is 18.1. The van der Waals surface area contributed by atoms with E-state index in [9.17, 15) is 9.59 Å². The van der Waals surface area contributed by atoms with E-state index in [-0.39, 0.29) is 17.9 Å². The highest BCUT2D eigenvalue weighted by atomic mass is 16.5. The zero-order valence-electron chi connectivity index (χ0n) is 24.2. The van der Waals surface area contributed by atoms with Crippen molar-refractivity contribution in [1.29, 1.82) is 0 Å². The molecule has 4 aromatic rings. The first-order chi connectivity index (χ1) is 21.0. The van der Waals surface area contributed by atoms with E-state index in [4.69, 9.17) is 10.5 Å². The second-order valence-corrected chi connectivity index (χ2v) is 11.8. The molecule has 2 aromatic carbocycles. The van der Waals surface area contributed by atoms with Gasteiger partial charge in [0.05, 0.1) is 17.7 Å². The number of nitrogens with one attached hydrogen (secondary N) is 2. The molecule has 2 amide bonds. The standard InChI is InChI=1S/C33H37N7O3/c34-31(41)29-6-5-26(17-30(29)43-28-16-23-8-10-36-32(23)37-19-28)39-13-11-38(12-14-39)21-27-15-22-3-1-2-4-25(22)20-40(27)33(42)24-7-9-35-18-24/h1-6,8,10,16-17,19,24,27,35H,7,9,11-15,18,20-21H2,(H2,34,41)(H,36,37). The number of hydrogen-bond donors (Lipinski definition) is 3. The summed E-state index contributed by atoms with van der Waals surface area (Å²) in [5.41, 5.74) is 10.4. The lowest BCUT2D eigenvalue weighted by Crippen LogP contribution is -2.55. The van der Waals surface area contributed by atoms with E-state index in [2.05, 4.69) is 54.2 Å². The number of nitrogens with zero attached hydrogens (tertiary/aromatic N) is 4. The maximum absolute atomic E-state index is 13.6. The average molecular weight is 580 g/mol. The third-order valence-electron chi connectivity index (χ3n) is 9.09. The van der Waals surface area contributed by atoms with Gasteiger partial charge in [0.2, 0.25) is 5.91 Å². The van der Waals surface area contributed by atoms with Crippen LogP contribution >= 0.6 is 0 Å². The van der Waals surface area contributed by atoms with E-state index < -0.39 is 5.91 Å². The minimum absolute atomic E-state index is 0.0742. The molecular weight excluding hydrogens is 542 g/mol. The van der Waals surface area contributed by atoms with Crippen LogP contribution in [0.2, 0.25) is 0 Å². The monoisotopic (exact) mass is 579 g/mol. The number of nitrogens with two attached hydrogens (primary N) is 1. The second kappa shape index (κ2) is 11.7. The topological polar surface area (TPSA) is 120 Å². The predicted octanol–water partition coefficient (Wildman–Crippen LogP) is 3.14. The molecule has 2 saturated heterocycles. The molecule has 0 spiro atoms. The van der Waals surface area contributed by atoms with Gasteiger partial charge in [-0.15, -0.1) is 0 Å². The number of aromatic amines is 1. The van der Waals surface area contributed by atoms with Crippen LogP contribution in [0.1, 0.15) is 27.9 Å². The van der Waals surface area contributed by atoms with E-state index in [0.29, 0.717) is 23.6 Å². The molecular formula is C33H37N7O3. The normalized spacial score (nSPS) is 20.7. The van der Waals surface area contributed by atoms with Crippen molar-refractivity contribution in [2.24, 2.45) is 11.7 Å². The number of piperazine rings is 1. The van der Waals surface area contributed by atoms with Crippen LogP contribution in [0.4, 0.5) is 5.69 Å². The van der Waals surface area contributed by atoms with Gasteiger partial charge in [-0.25, -0.2) is 4.98 Å². The summed E-state index contributed by atoms with van der Waals surface area (Å²) < 4.78 is 6.15. The van der Waals surface area contributed by atoms with Gasteiger partial charge in [0.15, 0.2) is 0 Å². The molecule has 3 aliphatic heterocycles. The Kier molecular flexibility index (Phi) is 7.46. The molecule has 0 aliphatic carbocycles. The lowest BCUT2D eigenvalue weighted by atomic mass is 9.92. The summed E-state index contributed by atoms with van der Waals surface area (Å²) in [6.07, 6.45) is 5.27. The van der Waals surface area contributed by atoms with E-state index in [1.54, 1.807) is 12.3 Å². The molecule has 2 unspecified atom stereocenters. The summed E-state index contributed by atoms with van der Waals surface area (Å²) in [4.78, 5) is 40.2. The SMILES string of the molecule is NC(=O)c1ccc(N2CCN(CC3Cc4ccccc4CN3C(=O)C3CCNC3)CC2)cc1Oc1cnc2[nH]ccc2c1. The fourth-order valence-electron chi connectivity index (χ4n) is 6.69. The molecule has 2 fully saturated rings. The van der Waals surface area contributed by atoms with Gasteiger partial charge >= 0.3 is 0 Å². The molecule has 7 rings (SSSR count). The minimum atomic E-state index is -0.538. The highest BCUT2D eigenvalue weighted by molar-refractivity contribution is 5.96. The van der Waals surface area contributed by atoms with Crippen molar-refractivity contribution in [3.05, 3.63) is 83.7 Å². The number of primary amides is 1. The maximum atomic E-state index is 13.6. The van der Waals surface area contributed by atoms with Gasteiger partial charge < -0.3 is 30.6 Å². The number of ether oxygens (including phenoxy) is 1. The van der Waals surface area contributed by atoms with Crippen molar-refractivity contribution in [2.75, 3.05) is 50.7 Å². The molecule has 2 atom stereocenters. The number of benzene rings is 2. The molecule has 10 heteroatoms. The number of aromatic nitrogens is 2. The second-order valence-electron chi connectivity index (χ2n) is 11.8. The van der Waals surface area contributed by atoms with E-state index >= 15 is 0 Å². The van der Waals surface area contributed by atoms with Crippen LogP contribution in [-0.4, -0.2) is 83.4 Å². The van der Waals surface area contributed by atoms with E-state index in [1.807, 2.05) is 30.5 Å². The highest BCUT2D eigenvalue weighted by Crippen LogP contribution is 2.32. The maximum Gasteiger partial charge on any atom is 0.252 e. The van der Waals surface area contributed by atoms with Crippen molar-refractivity contribution in [2.45, 2.75) is 25.4 Å². The van der Waals surface area contributed by atoms with Gasteiger partial charge in [-0.1, -0.05) is 24.3 Å². The van der Waals surface area contributed by atoms with Crippen molar-refractivity contribution in [3.63, 3.8) is 0 Å². The number of carbonyl (C=O) groups is 2. The molecule has 0 bridgehead atoms. The Labute approximate surface area is 250 Å². The molecule has 222 valence electrons. The fraction of sp³-hybridized carbons (Fsp3) is 0.364. The highest BCUT2D eigenvalue weighted by Gasteiger charge is 2.36. The number of H-pyrrole nitrogens is 1. The van der Waals surface area contributed by atoms with Crippen LogP contribution in [0.25, 0.3) is 11.0 Å². The Morgan fingerprint density at radius 2 is 1.86 bits per heavy atom. The minimum Gasteiger partial charge on any atom is -0.455 e. The van der Waals surface area contributed by atoms with Crippen LogP contribution in [-0.2, 0) is 17.8 Å². The Morgan fingerprint density at radius 1 is 1.02 bits per heavy atom. The number of anilines is 1. The average Bonchev–Trinajstić information content (AvgIpc) is 3.73. The van der Waals surface area contributed by atoms with Crippen molar-refractivity contribution in [3.8, 4) is 11.5 Å². The zero-order valence-corrected chi connectivity index (χ0v) is 24.2. The number of carbonyl (C=O) groups excluding carboxylic acids is 2. The molecule has 10 nitrogen and oxygen atoms in total. The summed E-state index contributed by atoms with van der Waals surface area (Å²) in [7, 11) is 0. The van der Waals surface area contributed by atoms with Crippen molar-refractivity contribution < 1.29 is 14.3 Å². The van der Waals surface area contributed by atoms with Crippen LogP contribution in [0.15, 0.2) is 67.0 Å². The van der Waals surface area contributed by atoms with Crippen LogP contribution in [0.5, 0.6) is 11.5 Å². The summed E-state index contributed by atoms with van der Waals surface area (Å²) in [5, 5.41) is 4.28. The van der Waals surface area contributed by atoms with Gasteiger partial charge in [-0.2, -0.15) is 0 Å². The summed E-state index contributed by atoms with van der Waals surface area (Å²) in [6.45, 7) is 6.67. The van der Waals surface area contributed by atoms with Crippen molar-refractivity contribution >= 4 is 28.5 Å². The Bertz CT molecular complexity index is 1640. The largest absolute Gasteiger partial charge is 0.455 e.